The van der Waals surface area contributed by atoms with E-state index in [-0.39, 0.29) is 11.2 Å². The summed E-state index contributed by atoms with van der Waals surface area (Å²) in [4.78, 5) is 0. The number of methoxy groups -OCH3 is 1. The Kier molecular flexibility index (Phi) is 4.04. The largest absolute Gasteiger partial charge is 0.504 e. The van der Waals surface area contributed by atoms with Gasteiger partial charge in [-0.1, -0.05) is 32.8 Å². The molecule has 1 fully saturated rings. The third-order valence-electron chi connectivity index (χ3n) is 4.51. The van der Waals surface area contributed by atoms with Gasteiger partial charge >= 0.3 is 0 Å². The second-order valence-corrected chi connectivity index (χ2v) is 5.97. The van der Waals surface area contributed by atoms with Crippen molar-refractivity contribution in [3.8, 4) is 11.5 Å². The van der Waals surface area contributed by atoms with E-state index >= 15 is 0 Å². The van der Waals surface area contributed by atoms with E-state index in [4.69, 9.17) is 10.5 Å². The van der Waals surface area contributed by atoms with Crippen LogP contribution >= 0.6 is 0 Å². The van der Waals surface area contributed by atoms with Crippen molar-refractivity contribution in [3.63, 3.8) is 0 Å². The predicted octanol–water partition coefficient (Wildman–Crippen LogP) is 3.29. The Bertz CT molecular complexity index is 448. The SMILES string of the molecule is COc1cc(C(C)C)cc(C2(CN)CCCC2)c1O. The van der Waals surface area contributed by atoms with Crippen molar-refractivity contribution in [1.82, 2.24) is 0 Å². The van der Waals surface area contributed by atoms with E-state index in [0.717, 1.165) is 18.4 Å². The number of hydrogen-bond acceptors (Lipinski definition) is 3. The van der Waals surface area contributed by atoms with Crippen LogP contribution in [-0.2, 0) is 5.41 Å². The van der Waals surface area contributed by atoms with E-state index in [9.17, 15) is 5.11 Å². The third kappa shape index (κ3) is 2.44. The number of phenols is 1. The molecule has 1 aromatic carbocycles. The first-order valence-electron chi connectivity index (χ1n) is 7.15. The van der Waals surface area contributed by atoms with E-state index in [2.05, 4.69) is 19.9 Å². The maximum absolute atomic E-state index is 10.5. The quantitative estimate of drug-likeness (QED) is 0.876. The van der Waals surface area contributed by atoms with E-state index in [1.165, 1.54) is 18.4 Å². The first kappa shape index (κ1) is 14.2. The molecule has 0 atom stereocenters. The van der Waals surface area contributed by atoms with Gasteiger partial charge < -0.3 is 15.6 Å². The fourth-order valence-electron chi connectivity index (χ4n) is 3.16. The van der Waals surface area contributed by atoms with E-state index in [1.54, 1.807) is 7.11 Å². The number of rotatable bonds is 4. The molecule has 1 aromatic rings. The zero-order valence-corrected chi connectivity index (χ0v) is 12.2. The average molecular weight is 263 g/mol. The van der Waals surface area contributed by atoms with Gasteiger partial charge in [0, 0.05) is 17.5 Å². The molecule has 0 radical (unpaired) electrons. The molecule has 3 nitrogen and oxygen atoms in total. The molecule has 0 aromatic heterocycles. The van der Waals surface area contributed by atoms with Crippen LogP contribution in [0.4, 0.5) is 0 Å². The fourth-order valence-corrected chi connectivity index (χ4v) is 3.16. The van der Waals surface area contributed by atoms with Crippen LogP contribution in [0.25, 0.3) is 0 Å². The molecule has 1 saturated carbocycles. The minimum Gasteiger partial charge on any atom is -0.504 e. The summed E-state index contributed by atoms with van der Waals surface area (Å²) >= 11 is 0. The van der Waals surface area contributed by atoms with Gasteiger partial charge in [-0.3, -0.25) is 0 Å². The summed E-state index contributed by atoms with van der Waals surface area (Å²) in [6.45, 7) is 4.89. The van der Waals surface area contributed by atoms with Crippen LogP contribution < -0.4 is 10.5 Å². The second-order valence-electron chi connectivity index (χ2n) is 5.97. The molecule has 0 spiro atoms. The van der Waals surface area contributed by atoms with Crippen LogP contribution in [-0.4, -0.2) is 18.8 Å². The van der Waals surface area contributed by atoms with E-state index < -0.39 is 0 Å². The molecule has 106 valence electrons. The maximum atomic E-state index is 10.5. The van der Waals surface area contributed by atoms with Crippen LogP contribution in [0.3, 0.4) is 0 Å². The van der Waals surface area contributed by atoms with Crippen molar-refractivity contribution in [2.24, 2.45) is 5.73 Å². The highest BCUT2D eigenvalue weighted by atomic mass is 16.5. The molecule has 0 aliphatic heterocycles. The highest BCUT2D eigenvalue weighted by Gasteiger charge is 2.37. The standard InChI is InChI=1S/C16H25NO2/c1-11(2)12-8-13(15(18)14(9-12)19-3)16(10-17)6-4-5-7-16/h8-9,11,18H,4-7,10,17H2,1-3H3. The predicted molar refractivity (Wildman–Crippen MR) is 77.9 cm³/mol. The normalized spacial score (nSPS) is 17.9. The lowest BCUT2D eigenvalue weighted by Gasteiger charge is -2.30. The summed E-state index contributed by atoms with van der Waals surface area (Å²) in [5.74, 6) is 1.25. The fraction of sp³-hybridized carbons (Fsp3) is 0.625. The first-order valence-corrected chi connectivity index (χ1v) is 7.15. The molecule has 2 rings (SSSR count). The molecule has 3 heteroatoms. The van der Waals surface area contributed by atoms with Crippen molar-refractivity contribution < 1.29 is 9.84 Å². The van der Waals surface area contributed by atoms with Gasteiger partial charge in [-0.15, -0.1) is 0 Å². The molecule has 0 unspecified atom stereocenters. The lowest BCUT2D eigenvalue weighted by Crippen LogP contribution is -2.32. The summed E-state index contributed by atoms with van der Waals surface area (Å²) in [6.07, 6.45) is 4.49. The number of aromatic hydroxyl groups is 1. The molecule has 0 bridgehead atoms. The number of ether oxygens (including phenoxy) is 1. The van der Waals surface area contributed by atoms with Crippen LogP contribution in [0.2, 0.25) is 0 Å². The molecule has 1 aliphatic carbocycles. The topological polar surface area (TPSA) is 55.5 Å². The van der Waals surface area contributed by atoms with Crippen LogP contribution in [0.15, 0.2) is 12.1 Å². The van der Waals surface area contributed by atoms with Crippen LogP contribution in [0.1, 0.15) is 56.6 Å². The van der Waals surface area contributed by atoms with Gasteiger partial charge in [-0.05, 0) is 30.4 Å². The Balaban J connectivity index is 2.57. The molecule has 19 heavy (non-hydrogen) atoms. The van der Waals surface area contributed by atoms with E-state index in [1.807, 2.05) is 6.07 Å². The molecular formula is C16H25NO2. The van der Waals surface area contributed by atoms with Gasteiger partial charge in [0.25, 0.3) is 0 Å². The Hall–Kier alpha value is -1.22. The van der Waals surface area contributed by atoms with Gasteiger partial charge in [-0.25, -0.2) is 0 Å². The number of nitrogens with two attached hydrogens (primary N) is 1. The Morgan fingerprint density at radius 2 is 1.95 bits per heavy atom. The van der Waals surface area contributed by atoms with Gasteiger partial charge in [0.15, 0.2) is 11.5 Å². The zero-order valence-electron chi connectivity index (χ0n) is 12.2. The van der Waals surface area contributed by atoms with Crippen molar-refractivity contribution in [2.75, 3.05) is 13.7 Å². The highest BCUT2D eigenvalue weighted by Crippen LogP contribution is 2.47. The Labute approximate surface area is 115 Å². The van der Waals surface area contributed by atoms with Crippen molar-refractivity contribution in [1.29, 1.82) is 0 Å². The van der Waals surface area contributed by atoms with E-state index in [0.29, 0.717) is 18.2 Å². The summed E-state index contributed by atoms with van der Waals surface area (Å²) in [7, 11) is 1.60. The Morgan fingerprint density at radius 1 is 1.32 bits per heavy atom. The van der Waals surface area contributed by atoms with Gasteiger partial charge in [0.05, 0.1) is 7.11 Å². The molecule has 3 N–H and O–H groups in total. The minimum atomic E-state index is -0.0672. The third-order valence-corrected chi connectivity index (χ3v) is 4.51. The van der Waals surface area contributed by atoms with Crippen LogP contribution in [0, 0.1) is 0 Å². The van der Waals surface area contributed by atoms with Crippen LogP contribution in [0.5, 0.6) is 11.5 Å². The molecular weight excluding hydrogens is 238 g/mol. The summed E-state index contributed by atoms with van der Waals surface area (Å²) in [6, 6.07) is 4.06. The molecule has 0 heterocycles. The average Bonchev–Trinajstić information content (AvgIpc) is 2.88. The van der Waals surface area contributed by atoms with Gasteiger partial charge in [0.2, 0.25) is 0 Å². The molecule has 0 amide bonds. The van der Waals surface area contributed by atoms with Crippen molar-refractivity contribution in [3.05, 3.63) is 23.3 Å². The minimum absolute atomic E-state index is 0.0672. The smallest absolute Gasteiger partial charge is 0.161 e. The number of hydrogen-bond donors (Lipinski definition) is 2. The van der Waals surface area contributed by atoms with Crippen molar-refractivity contribution >= 4 is 0 Å². The highest BCUT2D eigenvalue weighted by molar-refractivity contribution is 5.53. The first-order chi connectivity index (χ1) is 9.04. The summed E-state index contributed by atoms with van der Waals surface area (Å²) < 4.78 is 5.33. The second kappa shape index (κ2) is 5.41. The maximum Gasteiger partial charge on any atom is 0.161 e. The monoisotopic (exact) mass is 263 g/mol. The number of benzene rings is 1. The van der Waals surface area contributed by atoms with Gasteiger partial charge in [0.1, 0.15) is 0 Å². The molecule has 1 aliphatic rings. The van der Waals surface area contributed by atoms with Crippen molar-refractivity contribution in [2.45, 2.75) is 50.9 Å². The Morgan fingerprint density at radius 3 is 2.42 bits per heavy atom. The summed E-state index contributed by atoms with van der Waals surface area (Å²) in [5.41, 5.74) is 8.15. The lowest BCUT2D eigenvalue weighted by atomic mass is 9.77. The number of phenolic OH excluding ortho intramolecular Hbond substituents is 1. The molecule has 0 saturated heterocycles. The zero-order chi connectivity index (χ0) is 14.0. The van der Waals surface area contributed by atoms with Gasteiger partial charge in [-0.2, -0.15) is 0 Å². The lowest BCUT2D eigenvalue weighted by molar-refractivity contribution is 0.353. The summed E-state index contributed by atoms with van der Waals surface area (Å²) in [5, 5.41) is 10.5.